The highest BCUT2D eigenvalue weighted by molar-refractivity contribution is 5.88. The first-order valence-electron chi connectivity index (χ1n) is 6.74. The van der Waals surface area contributed by atoms with Crippen molar-refractivity contribution in [2.24, 2.45) is 11.7 Å². The Labute approximate surface area is 108 Å². The van der Waals surface area contributed by atoms with Gasteiger partial charge in [0.05, 0.1) is 6.04 Å². The minimum Gasteiger partial charge on any atom is -0.480 e. The molecular formula is C13H24N2O3. The number of rotatable bonds is 1. The van der Waals surface area contributed by atoms with E-state index in [0.29, 0.717) is 18.8 Å². The minimum absolute atomic E-state index is 0.0819. The van der Waals surface area contributed by atoms with E-state index in [1.807, 2.05) is 6.92 Å². The molecule has 2 aliphatic heterocycles. The highest BCUT2D eigenvalue weighted by Crippen LogP contribution is 2.35. The number of hydrogen-bond donors (Lipinski definition) is 2. The van der Waals surface area contributed by atoms with Crippen LogP contribution in [0.5, 0.6) is 0 Å². The molecule has 1 amide bonds. The van der Waals surface area contributed by atoms with Gasteiger partial charge in [0.1, 0.15) is 6.04 Å². The van der Waals surface area contributed by atoms with E-state index in [4.69, 9.17) is 10.8 Å². The van der Waals surface area contributed by atoms with Crippen molar-refractivity contribution in [3.63, 3.8) is 0 Å². The molecule has 18 heavy (non-hydrogen) atoms. The Bertz CT molecular complexity index is 319. The molecule has 2 fully saturated rings. The van der Waals surface area contributed by atoms with Crippen molar-refractivity contribution in [3.05, 3.63) is 0 Å². The summed E-state index contributed by atoms with van der Waals surface area (Å²) in [5, 5.41) is 9.01. The number of carboxylic acids is 1. The van der Waals surface area contributed by atoms with E-state index < -0.39 is 18.1 Å². The van der Waals surface area contributed by atoms with Gasteiger partial charge in [-0.15, -0.1) is 0 Å². The average molecular weight is 256 g/mol. The van der Waals surface area contributed by atoms with Crippen LogP contribution in [-0.2, 0) is 9.59 Å². The first kappa shape index (κ1) is 15.0. The van der Waals surface area contributed by atoms with E-state index in [2.05, 4.69) is 13.8 Å². The van der Waals surface area contributed by atoms with Crippen molar-refractivity contribution in [1.82, 2.24) is 4.90 Å². The van der Waals surface area contributed by atoms with Crippen molar-refractivity contribution < 1.29 is 14.7 Å². The molecule has 0 aliphatic carbocycles. The molecule has 0 bridgehead atoms. The highest BCUT2D eigenvalue weighted by Gasteiger charge is 2.47. The summed E-state index contributed by atoms with van der Waals surface area (Å²) in [5.41, 5.74) is 5.70. The van der Waals surface area contributed by atoms with Crippen LogP contribution in [0.2, 0.25) is 0 Å². The molecule has 2 rings (SSSR count). The second-order valence-corrected chi connectivity index (χ2v) is 5.27. The van der Waals surface area contributed by atoms with Gasteiger partial charge in [-0.25, -0.2) is 4.79 Å². The number of aliphatic carboxylic acids is 1. The fraction of sp³-hybridized carbons (Fsp3) is 0.846. The molecule has 104 valence electrons. The minimum atomic E-state index is -0.910. The quantitative estimate of drug-likeness (QED) is 0.738. The largest absolute Gasteiger partial charge is 0.480 e. The summed E-state index contributed by atoms with van der Waals surface area (Å²) in [5.74, 6) is -0.794. The van der Waals surface area contributed by atoms with Crippen LogP contribution in [0.1, 0.15) is 46.5 Å². The van der Waals surface area contributed by atoms with Gasteiger partial charge < -0.3 is 15.7 Å². The van der Waals surface area contributed by atoms with Crippen LogP contribution in [0.4, 0.5) is 0 Å². The number of carboxylic acid groups (broad SMARTS) is 1. The van der Waals surface area contributed by atoms with Crippen molar-refractivity contribution in [1.29, 1.82) is 0 Å². The van der Waals surface area contributed by atoms with Crippen molar-refractivity contribution in [3.8, 4) is 0 Å². The Morgan fingerprint density at radius 1 is 1.44 bits per heavy atom. The summed E-state index contributed by atoms with van der Waals surface area (Å²) in [6.07, 6.45) is 3.27. The zero-order chi connectivity index (χ0) is 13.9. The second-order valence-electron chi connectivity index (χ2n) is 5.27. The van der Waals surface area contributed by atoms with Crippen LogP contribution in [0.15, 0.2) is 0 Å². The third-order valence-corrected chi connectivity index (χ3v) is 3.57. The van der Waals surface area contributed by atoms with Crippen LogP contribution in [0.3, 0.4) is 0 Å². The maximum absolute atomic E-state index is 11.8. The van der Waals surface area contributed by atoms with Gasteiger partial charge in [0, 0.05) is 6.04 Å². The molecule has 4 atom stereocenters. The maximum atomic E-state index is 11.8. The van der Waals surface area contributed by atoms with Crippen molar-refractivity contribution >= 4 is 11.9 Å². The zero-order valence-corrected chi connectivity index (χ0v) is 11.4. The monoisotopic (exact) mass is 256 g/mol. The van der Waals surface area contributed by atoms with Gasteiger partial charge in [0.15, 0.2) is 0 Å². The van der Waals surface area contributed by atoms with Crippen LogP contribution in [0.25, 0.3) is 0 Å². The number of carbonyl (C=O) groups excluding carboxylic acids is 1. The number of nitrogens with two attached hydrogens (primary N) is 1. The van der Waals surface area contributed by atoms with Gasteiger partial charge in [-0.2, -0.15) is 0 Å². The number of carbonyl (C=O) groups is 2. The zero-order valence-electron chi connectivity index (χ0n) is 11.4. The lowest BCUT2D eigenvalue weighted by atomic mass is 9.88. The Morgan fingerprint density at radius 2 is 2.00 bits per heavy atom. The van der Waals surface area contributed by atoms with E-state index in [1.54, 1.807) is 0 Å². The summed E-state index contributed by atoms with van der Waals surface area (Å²) in [6, 6.07) is -1.09. The summed E-state index contributed by atoms with van der Waals surface area (Å²) in [6.45, 7) is 6.29. The van der Waals surface area contributed by atoms with E-state index in [9.17, 15) is 9.59 Å². The van der Waals surface area contributed by atoms with Crippen LogP contribution in [-0.4, -0.2) is 40.0 Å². The fourth-order valence-electron chi connectivity index (χ4n) is 2.81. The molecule has 0 radical (unpaired) electrons. The van der Waals surface area contributed by atoms with Gasteiger partial charge in [0.2, 0.25) is 5.91 Å². The van der Waals surface area contributed by atoms with Gasteiger partial charge in [-0.05, 0) is 25.2 Å². The molecule has 3 N–H and O–H groups in total. The van der Waals surface area contributed by atoms with Crippen molar-refractivity contribution in [2.75, 3.05) is 0 Å². The topological polar surface area (TPSA) is 83.6 Å². The Kier molecular flexibility index (Phi) is 5.14. The molecule has 0 aromatic rings. The second kappa shape index (κ2) is 6.18. The smallest absolute Gasteiger partial charge is 0.326 e. The van der Waals surface area contributed by atoms with Crippen LogP contribution in [0, 0.1) is 5.92 Å². The summed E-state index contributed by atoms with van der Waals surface area (Å²) in [7, 11) is 0. The molecule has 0 aromatic carbocycles. The first-order chi connectivity index (χ1) is 8.43. The van der Waals surface area contributed by atoms with Gasteiger partial charge >= 0.3 is 5.97 Å². The molecule has 0 saturated carbocycles. The normalized spacial score (nSPS) is 34.7. The molecule has 0 spiro atoms. The summed E-state index contributed by atoms with van der Waals surface area (Å²) >= 11 is 0. The number of piperidine rings is 1. The highest BCUT2D eigenvalue weighted by atomic mass is 16.4. The van der Waals surface area contributed by atoms with Crippen LogP contribution < -0.4 is 5.73 Å². The molecule has 2 aliphatic rings. The standard InChI is InChI=1S/C10H16N2O3.C3H8/c1-5-4-6(11)9(13)12-7(5)2-3-8(12)10(14)15;1-3-2/h5-8H,2-4,11H2,1H3,(H,14,15);3H2,1-2H3. The lowest BCUT2D eigenvalue weighted by Crippen LogP contribution is -2.57. The fourth-order valence-corrected chi connectivity index (χ4v) is 2.81. The van der Waals surface area contributed by atoms with E-state index in [0.717, 1.165) is 6.42 Å². The Morgan fingerprint density at radius 3 is 2.50 bits per heavy atom. The van der Waals surface area contributed by atoms with Crippen molar-refractivity contribution in [2.45, 2.75) is 64.6 Å². The first-order valence-corrected chi connectivity index (χ1v) is 6.74. The SMILES string of the molecule is CC1CC(N)C(=O)N2C(C(=O)O)CCC12.CCC. The molecule has 4 unspecified atom stereocenters. The number of fused-ring (bicyclic) bond motifs is 1. The third kappa shape index (κ3) is 2.83. The Balaban J connectivity index is 0.000000492. The molecule has 0 aromatic heterocycles. The lowest BCUT2D eigenvalue weighted by Gasteiger charge is -2.39. The average Bonchev–Trinajstić information content (AvgIpc) is 2.72. The lowest BCUT2D eigenvalue weighted by molar-refractivity contribution is -0.153. The number of nitrogens with zero attached hydrogens (tertiary/aromatic N) is 1. The molecule has 5 nitrogen and oxygen atoms in total. The summed E-state index contributed by atoms with van der Waals surface area (Å²) < 4.78 is 0. The maximum Gasteiger partial charge on any atom is 0.326 e. The summed E-state index contributed by atoms with van der Waals surface area (Å²) in [4.78, 5) is 24.3. The molecular weight excluding hydrogens is 232 g/mol. The number of amides is 1. The predicted molar refractivity (Wildman–Crippen MR) is 69.0 cm³/mol. The van der Waals surface area contributed by atoms with Gasteiger partial charge in [0.25, 0.3) is 0 Å². The van der Waals surface area contributed by atoms with E-state index >= 15 is 0 Å². The Hall–Kier alpha value is -1.10. The third-order valence-electron chi connectivity index (χ3n) is 3.57. The van der Waals surface area contributed by atoms with Gasteiger partial charge in [-0.3, -0.25) is 4.79 Å². The van der Waals surface area contributed by atoms with E-state index in [-0.39, 0.29) is 11.9 Å². The molecule has 5 heteroatoms. The molecule has 2 saturated heterocycles. The van der Waals surface area contributed by atoms with Crippen LogP contribution >= 0.6 is 0 Å². The van der Waals surface area contributed by atoms with Gasteiger partial charge in [-0.1, -0.05) is 27.2 Å². The predicted octanol–water partition coefficient (Wildman–Crippen LogP) is 1.21. The number of hydrogen-bond acceptors (Lipinski definition) is 3. The molecule has 2 heterocycles. The van der Waals surface area contributed by atoms with E-state index in [1.165, 1.54) is 11.3 Å².